The molecule has 42 heavy (non-hydrogen) atoms. The number of fused-ring (bicyclic) bond motifs is 2. The van der Waals surface area contributed by atoms with Gasteiger partial charge in [0.25, 0.3) is 0 Å². The van der Waals surface area contributed by atoms with Gasteiger partial charge in [-0.1, -0.05) is 81.4 Å². The maximum atomic E-state index is 12.5. The lowest BCUT2D eigenvalue weighted by molar-refractivity contribution is -0.0890. The summed E-state index contributed by atoms with van der Waals surface area (Å²) < 4.78 is 37.5. The number of hydrogen-bond acceptors (Lipinski definition) is 3. The van der Waals surface area contributed by atoms with E-state index in [0.29, 0.717) is 12.5 Å². The summed E-state index contributed by atoms with van der Waals surface area (Å²) in [5, 5.41) is 2.93. The van der Waals surface area contributed by atoms with E-state index >= 15 is 0 Å². The number of aromatic nitrogens is 3. The summed E-state index contributed by atoms with van der Waals surface area (Å²) in [6.07, 6.45) is 3.25. The van der Waals surface area contributed by atoms with Gasteiger partial charge in [-0.2, -0.15) is 13.2 Å². The summed E-state index contributed by atoms with van der Waals surface area (Å²) >= 11 is 5.43. The number of benzene rings is 2. The minimum absolute atomic E-state index is 0.0252. The summed E-state index contributed by atoms with van der Waals surface area (Å²) in [4.78, 5) is 12.0. The van der Waals surface area contributed by atoms with Crippen LogP contribution in [0.1, 0.15) is 67.7 Å². The van der Waals surface area contributed by atoms with Crippen LogP contribution in [0.3, 0.4) is 0 Å². The summed E-state index contributed by atoms with van der Waals surface area (Å²) in [7, 11) is 0. The quantitative estimate of drug-likeness (QED) is 0.209. The van der Waals surface area contributed by atoms with E-state index < -0.39 is 11.7 Å². The van der Waals surface area contributed by atoms with Crippen LogP contribution in [0.25, 0.3) is 11.0 Å². The summed E-state index contributed by atoms with van der Waals surface area (Å²) in [5.74, 6) is 1.74. The van der Waals surface area contributed by atoms with Gasteiger partial charge in [0.1, 0.15) is 5.82 Å². The molecule has 0 radical (unpaired) electrons. The van der Waals surface area contributed by atoms with E-state index in [1.165, 1.54) is 36.1 Å². The van der Waals surface area contributed by atoms with Gasteiger partial charge in [-0.15, -0.1) is 0 Å². The molecule has 4 aromatic rings. The number of imidazole rings is 1. The van der Waals surface area contributed by atoms with Gasteiger partial charge in [-0.3, -0.25) is 4.98 Å². The van der Waals surface area contributed by atoms with Crippen molar-refractivity contribution >= 4 is 22.6 Å². The Labute approximate surface area is 252 Å². The number of nitrogens with zero attached hydrogens (tertiary/aromatic N) is 2. The number of aromatic amines is 1. The summed E-state index contributed by atoms with van der Waals surface area (Å²) in [6.45, 7) is 9.96. The molecule has 224 valence electrons. The zero-order valence-corrected chi connectivity index (χ0v) is 25.3. The standard InChI is InChI=1S/C15H17ClF3N.C10H13N.C9H10N2/c1-3-12-4-6-13(7-5-12)9-20-10-14(8-16)11(2)15(17,18)19;1-8-4-2-5-9-6-3-7-11-10(8)9;1-2-9-10-7-5-3-4-6-8(7)11-9/h4-8,20H,2-3,9-10H2,1H3;3,6-8H,2,4-5H2,1H3;3-6H,2H2,1H3,(H,10,11)/b14-8+;;. The number of halogens is 4. The normalized spacial score (nSPS) is 14.7. The van der Waals surface area contributed by atoms with Crippen LogP contribution in [0, 0.1) is 0 Å². The second-order valence-electron chi connectivity index (χ2n) is 10.3. The first-order valence-electron chi connectivity index (χ1n) is 14.4. The highest BCUT2D eigenvalue weighted by molar-refractivity contribution is 6.26. The van der Waals surface area contributed by atoms with Crippen molar-refractivity contribution in [2.75, 3.05) is 6.54 Å². The summed E-state index contributed by atoms with van der Waals surface area (Å²) in [6, 6.07) is 20.2. The van der Waals surface area contributed by atoms with Crippen molar-refractivity contribution in [3.63, 3.8) is 0 Å². The van der Waals surface area contributed by atoms with Crippen LogP contribution in [-0.4, -0.2) is 27.7 Å². The maximum absolute atomic E-state index is 12.5. The second kappa shape index (κ2) is 16.3. The molecule has 5 rings (SSSR count). The zero-order chi connectivity index (χ0) is 30.5. The molecule has 1 aliphatic carbocycles. The highest BCUT2D eigenvalue weighted by Gasteiger charge is 2.33. The molecule has 0 bridgehead atoms. The molecule has 2 aromatic carbocycles. The molecule has 8 heteroatoms. The van der Waals surface area contributed by atoms with E-state index in [0.717, 1.165) is 40.8 Å². The third-order valence-corrected chi connectivity index (χ3v) is 7.45. The Morgan fingerprint density at radius 2 is 1.76 bits per heavy atom. The Bertz CT molecular complexity index is 1410. The fourth-order valence-corrected chi connectivity index (χ4v) is 4.85. The molecule has 0 amide bonds. The van der Waals surface area contributed by atoms with Crippen LogP contribution in [0.4, 0.5) is 13.2 Å². The molecule has 2 N–H and O–H groups in total. The molecule has 1 aliphatic rings. The highest BCUT2D eigenvalue weighted by atomic mass is 35.5. The van der Waals surface area contributed by atoms with Gasteiger partial charge < -0.3 is 10.3 Å². The minimum Gasteiger partial charge on any atom is -0.342 e. The van der Waals surface area contributed by atoms with Crippen LogP contribution >= 0.6 is 11.6 Å². The molecule has 0 spiro atoms. The van der Waals surface area contributed by atoms with Crippen LogP contribution in [0.2, 0.25) is 0 Å². The van der Waals surface area contributed by atoms with Gasteiger partial charge in [0.05, 0.1) is 16.6 Å². The molecule has 0 fully saturated rings. The number of pyridine rings is 1. The lowest BCUT2D eigenvalue weighted by atomic mass is 9.88. The van der Waals surface area contributed by atoms with Crippen LogP contribution < -0.4 is 5.32 Å². The first-order chi connectivity index (χ1) is 20.2. The van der Waals surface area contributed by atoms with Gasteiger partial charge in [-0.05, 0) is 72.1 Å². The van der Waals surface area contributed by atoms with E-state index in [4.69, 9.17) is 11.6 Å². The van der Waals surface area contributed by atoms with Gasteiger partial charge in [0.2, 0.25) is 0 Å². The summed E-state index contributed by atoms with van der Waals surface area (Å²) in [5.41, 5.74) is 7.17. The molecule has 0 saturated heterocycles. The number of rotatable bonds is 7. The number of nitrogens with one attached hydrogen (secondary N) is 2. The third kappa shape index (κ3) is 9.85. The molecule has 0 aliphatic heterocycles. The fourth-order valence-electron chi connectivity index (χ4n) is 4.64. The average molecular weight is 597 g/mol. The van der Waals surface area contributed by atoms with Gasteiger partial charge in [-0.25, -0.2) is 4.98 Å². The Morgan fingerprint density at radius 3 is 2.38 bits per heavy atom. The van der Waals surface area contributed by atoms with E-state index in [1.807, 2.05) is 60.8 Å². The lowest BCUT2D eigenvalue weighted by Crippen LogP contribution is -2.22. The lowest BCUT2D eigenvalue weighted by Gasteiger charge is -2.20. The minimum atomic E-state index is -4.45. The number of aryl methyl sites for hydroxylation is 3. The third-order valence-electron chi connectivity index (χ3n) is 7.19. The molecule has 4 nitrogen and oxygen atoms in total. The number of H-pyrrole nitrogens is 1. The van der Waals surface area contributed by atoms with Crippen LogP contribution in [0.5, 0.6) is 0 Å². The van der Waals surface area contributed by atoms with Crippen molar-refractivity contribution in [1.29, 1.82) is 0 Å². The van der Waals surface area contributed by atoms with E-state index in [9.17, 15) is 13.2 Å². The predicted octanol–water partition coefficient (Wildman–Crippen LogP) is 9.23. The molecule has 1 atom stereocenters. The number of alkyl halides is 3. The Kier molecular flexibility index (Phi) is 12.8. The van der Waals surface area contributed by atoms with Crippen molar-refractivity contribution in [3.8, 4) is 0 Å². The van der Waals surface area contributed by atoms with E-state index in [2.05, 4.69) is 53.7 Å². The van der Waals surface area contributed by atoms with Crippen molar-refractivity contribution in [3.05, 3.63) is 118 Å². The predicted molar refractivity (Wildman–Crippen MR) is 168 cm³/mol. The Balaban J connectivity index is 0.000000185. The SMILES string of the molecule is C=C(/C(=C/Cl)CNCc1ccc(CC)cc1)C(F)(F)F.CC1CCCc2cccnc21.CCc1nc2ccccc2[nH]1. The van der Waals surface area contributed by atoms with Gasteiger partial charge in [0, 0.05) is 36.9 Å². The monoisotopic (exact) mass is 596 g/mol. The number of hydrogen-bond donors (Lipinski definition) is 2. The average Bonchev–Trinajstić information content (AvgIpc) is 3.44. The highest BCUT2D eigenvalue weighted by Crippen LogP contribution is 2.30. The Hall–Kier alpha value is -3.42. The van der Waals surface area contributed by atoms with Crippen molar-refractivity contribution in [2.24, 2.45) is 0 Å². The first-order valence-corrected chi connectivity index (χ1v) is 14.8. The van der Waals surface area contributed by atoms with Gasteiger partial charge >= 0.3 is 6.18 Å². The van der Waals surface area contributed by atoms with Crippen molar-refractivity contribution < 1.29 is 13.2 Å². The van der Waals surface area contributed by atoms with Crippen LogP contribution in [-0.2, 0) is 25.8 Å². The van der Waals surface area contributed by atoms with Crippen molar-refractivity contribution in [1.82, 2.24) is 20.3 Å². The molecule has 1 unspecified atom stereocenters. The Morgan fingerprint density at radius 1 is 1.05 bits per heavy atom. The second-order valence-corrected chi connectivity index (χ2v) is 10.5. The molecule has 2 heterocycles. The van der Waals surface area contributed by atoms with Gasteiger partial charge in [0.15, 0.2) is 0 Å². The molecule has 2 aromatic heterocycles. The zero-order valence-electron chi connectivity index (χ0n) is 24.6. The molecular weight excluding hydrogens is 557 g/mol. The topological polar surface area (TPSA) is 53.6 Å². The first kappa shape index (κ1) is 33.1. The largest absolute Gasteiger partial charge is 0.416 e. The smallest absolute Gasteiger partial charge is 0.342 e. The van der Waals surface area contributed by atoms with E-state index in [1.54, 1.807) is 0 Å². The molecular formula is C34H40ClF3N4. The number of para-hydroxylation sites is 2. The fraction of sp³-hybridized carbons (Fsp3) is 0.353. The maximum Gasteiger partial charge on any atom is 0.416 e. The van der Waals surface area contributed by atoms with Crippen LogP contribution in [0.15, 0.2) is 90.1 Å². The van der Waals surface area contributed by atoms with Crippen molar-refractivity contribution in [2.45, 2.75) is 71.5 Å². The van der Waals surface area contributed by atoms with E-state index in [-0.39, 0.29) is 12.1 Å². The molecule has 0 saturated carbocycles.